The minimum atomic E-state index is -1.21. The quantitative estimate of drug-likeness (QED) is 0.379. The Bertz CT molecular complexity index is 157. The van der Waals surface area contributed by atoms with Crippen LogP contribution in [-0.4, -0.2) is 19.4 Å². The molecule has 0 radical (unpaired) electrons. The fourth-order valence-corrected chi connectivity index (χ4v) is 3.54. The van der Waals surface area contributed by atoms with E-state index >= 15 is 0 Å². The van der Waals surface area contributed by atoms with Crippen molar-refractivity contribution in [3.63, 3.8) is 0 Å². The van der Waals surface area contributed by atoms with Gasteiger partial charge in [-0.3, -0.25) is 0 Å². The van der Waals surface area contributed by atoms with Gasteiger partial charge < -0.3 is 5.11 Å². The van der Waals surface area contributed by atoms with Crippen LogP contribution in [0.25, 0.3) is 0 Å². The predicted molar refractivity (Wildman–Crippen MR) is 81.2 cm³/mol. The SMILES string of the molecule is CCCCCCCCCCCC[Si](C)(C)CO. The molecular formula is C15H34OSi. The molecule has 0 aliphatic rings. The van der Waals surface area contributed by atoms with Crippen LogP contribution >= 0.6 is 0 Å². The van der Waals surface area contributed by atoms with E-state index in [4.69, 9.17) is 0 Å². The Hall–Kier alpha value is 0.177. The second-order valence-electron chi connectivity index (χ2n) is 6.25. The highest BCUT2D eigenvalue weighted by Crippen LogP contribution is 2.16. The van der Waals surface area contributed by atoms with Crippen molar-refractivity contribution in [2.75, 3.05) is 6.23 Å². The molecule has 0 fully saturated rings. The highest BCUT2D eigenvalue weighted by molar-refractivity contribution is 6.77. The summed E-state index contributed by atoms with van der Waals surface area (Å²) in [6.07, 6.45) is 14.5. The number of aliphatic hydroxyl groups is 1. The maximum Gasteiger partial charge on any atom is 0.0772 e. The van der Waals surface area contributed by atoms with Crippen LogP contribution in [0.3, 0.4) is 0 Å². The monoisotopic (exact) mass is 258 g/mol. The van der Waals surface area contributed by atoms with Crippen LogP contribution < -0.4 is 0 Å². The maximum absolute atomic E-state index is 9.20. The summed E-state index contributed by atoms with van der Waals surface area (Å²) in [6.45, 7) is 6.86. The highest BCUT2D eigenvalue weighted by atomic mass is 28.3. The van der Waals surface area contributed by atoms with Gasteiger partial charge in [-0.1, -0.05) is 90.3 Å². The van der Waals surface area contributed by atoms with Crippen molar-refractivity contribution >= 4 is 8.07 Å². The van der Waals surface area contributed by atoms with Crippen molar-refractivity contribution in [1.29, 1.82) is 0 Å². The van der Waals surface area contributed by atoms with E-state index in [1.165, 1.54) is 70.3 Å². The molecule has 0 aromatic carbocycles. The number of hydrogen-bond donors (Lipinski definition) is 1. The summed E-state index contributed by atoms with van der Waals surface area (Å²) >= 11 is 0. The topological polar surface area (TPSA) is 20.2 Å². The smallest absolute Gasteiger partial charge is 0.0772 e. The summed E-state index contributed by atoms with van der Waals surface area (Å²) < 4.78 is 0. The Morgan fingerprint density at radius 1 is 0.706 bits per heavy atom. The number of aliphatic hydroxyl groups excluding tert-OH is 1. The molecule has 0 aliphatic heterocycles. The van der Waals surface area contributed by atoms with E-state index in [0.717, 1.165) is 0 Å². The van der Waals surface area contributed by atoms with E-state index in [-0.39, 0.29) is 0 Å². The lowest BCUT2D eigenvalue weighted by atomic mass is 10.1. The van der Waals surface area contributed by atoms with Crippen molar-refractivity contribution in [2.24, 2.45) is 0 Å². The Balaban J connectivity index is 3.09. The molecule has 0 unspecified atom stereocenters. The zero-order valence-corrected chi connectivity index (χ0v) is 13.4. The molecule has 0 saturated carbocycles. The van der Waals surface area contributed by atoms with Crippen LogP contribution in [0.4, 0.5) is 0 Å². The largest absolute Gasteiger partial charge is 0.400 e. The van der Waals surface area contributed by atoms with Gasteiger partial charge >= 0.3 is 0 Å². The minimum Gasteiger partial charge on any atom is -0.400 e. The van der Waals surface area contributed by atoms with E-state index in [2.05, 4.69) is 20.0 Å². The molecule has 0 bridgehead atoms. The standard InChI is InChI=1S/C15H34OSi/c1-4-5-6-7-8-9-10-11-12-13-14-17(2,3)15-16/h16H,4-15H2,1-3H3. The first kappa shape index (κ1) is 17.2. The average Bonchev–Trinajstić information content (AvgIpc) is 2.31. The third-order valence-electron chi connectivity index (χ3n) is 3.64. The Kier molecular flexibility index (Phi) is 11.4. The summed E-state index contributed by atoms with van der Waals surface area (Å²) in [5, 5.41) is 9.20. The molecule has 0 saturated heterocycles. The predicted octanol–water partition coefficient (Wildman–Crippen LogP) is 5.15. The fourth-order valence-electron chi connectivity index (χ4n) is 2.17. The summed E-state index contributed by atoms with van der Waals surface area (Å²) in [6, 6.07) is 1.31. The molecule has 2 heteroatoms. The Morgan fingerprint density at radius 2 is 1.12 bits per heavy atom. The van der Waals surface area contributed by atoms with Crippen LogP contribution in [0.5, 0.6) is 0 Å². The second-order valence-corrected chi connectivity index (χ2v) is 11.4. The zero-order valence-electron chi connectivity index (χ0n) is 12.4. The first-order valence-corrected chi connectivity index (χ1v) is 11.1. The molecule has 1 nitrogen and oxygen atoms in total. The van der Waals surface area contributed by atoms with Gasteiger partial charge in [0, 0.05) is 6.23 Å². The third-order valence-corrected chi connectivity index (χ3v) is 6.20. The van der Waals surface area contributed by atoms with Gasteiger partial charge in [0.15, 0.2) is 0 Å². The van der Waals surface area contributed by atoms with Crippen LogP contribution in [0.15, 0.2) is 0 Å². The highest BCUT2D eigenvalue weighted by Gasteiger charge is 2.17. The number of rotatable bonds is 12. The summed E-state index contributed by atoms with van der Waals surface area (Å²) in [5.41, 5.74) is 0. The molecule has 0 heterocycles. The normalized spacial score (nSPS) is 12.0. The lowest BCUT2D eigenvalue weighted by molar-refractivity contribution is 0.357. The third kappa shape index (κ3) is 12.4. The lowest BCUT2D eigenvalue weighted by Gasteiger charge is -2.18. The van der Waals surface area contributed by atoms with Crippen LogP contribution in [0, 0.1) is 0 Å². The van der Waals surface area contributed by atoms with E-state index in [0.29, 0.717) is 6.23 Å². The van der Waals surface area contributed by atoms with Crippen LogP contribution in [0.2, 0.25) is 19.1 Å². The molecule has 1 N–H and O–H groups in total. The average molecular weight is 259 g/mol. The van der Waals surface area contributed by atoms with Crippen LogP contribution in [-0.2, 0) is 0 Å². The van der Waals surface area contributed by atoms with Gasteiger partial charge in [-0.05, 0) is 0 Å². The van der Waals surface area contributed by atoms with Gasteiger partial charge in [0.05, 0.1) is 8.07 Å². The van der Waals surface area contributed by atoms with Gasteiger partial charge in [0.25, 0.3) is 0 Å². The van der Waals surface area contributed by atoms with Gasteiger partial charge in [-0.25, -0.2) is 0 Å². The van der Waals surface area contributed by atoms with Gasteiger partial charge in [0.2, 0.25) is 0 Å². The van der Waals surface area contributed by atoms with Gasteiger partial charge in [-0.15, -0.1) is 0 Å². The molecule has 0 aromatic heterocycles. The second kappa shape index (κ2) is 11.3. The van der Waals surface area contributed by atoms with E-state index in [1.807, 2.05) is 0 Å². The molecule has 0 amide bonds. The first-order valence-electron chi connectivity index (χ1n) is 7.73. The minimum absolute atomic E-state index is 0.463. The Morgan fingerprint density at radius 3 is 1.53 bits per heavy atom. The molecule has 0 atom stereocenters. The van der Waals surface area contributed by atoms with E-state index < -0.39 is 8.07 Å². The summed E-state index contributed by atoms with van der Waals surface area (Å²) in [7, 11) is -1.21. The fraction of sp³-hybridized carbons (Fsp3) is 1.00. The number of unbranched alkanes of at least 4 members (excludes halogenated alkanes) is 9. The maximum atomic E-state index is 9.20. The van der Waals surface area contributed by atoms with Crippen molar-refractivity contribution < 1.29 is 5.11 Å². The Labute approximate surface area is 110 Å². The number of hydrogen-bond acceptors (Lipinski definition) is 1. The molecule has 0 aliphatic carbocycles. The van der Waals surface area contributed by atoms with Crippen molar-refractivity contribution in [2.45, 2.75) is 90.3 Å². The molecule has 0 rings (SSSR count). The van der Waals surface area contributed by atoms with E-state index in [9.17, 15) is 5.11 Å². The molecule has 104 valence electrons. The summed E-state index contributed by atoms with van der Waals surface area (Å²) in [5.74, 6) is 0. The van der Waals surface area contributed by atoms with Crippen molar-refractivity contribution in [3.05, 3.63) is 0 Å². The van der Waals surface area contributed by atoms with Gasteiger partial charge in [0.1, 0.15) is 0 Å². The molecular weight excluding hydrogens is 224 g/mol. The zero-order chi connectivity index (χ0) is 13.0. The molecule has 17 heavy (non-hydrogen) atoms. The first-order chi connectivity index (χ1) is 8.12. The molecule has 0 aromatic rings. The molecule has 0 spiro atoms. The lowest BCUT2D eigenvalue weighted by Crippen LogP contribution is -2.30. The van der Waals surface area contributed by atoms with Crippen LogP contribution in [0.1, 0.15) is 71.1 Å². The van der Waals surface area contributed by atoms with Crippen molar-refractivity contribution in [3.8, 4) is 0 Å². The van der Waals surface area contributed by atoms with Crippen molar-refractivity contribution in [1.82, 2.24) is 0 Å². The van der Waals surface area contributed by atoms with E-state index in [1.54, 1.807) is 0 Å². The summed E-state index contributed by atoms with van der Waals surface area (Å²) in [4.78, 5) is 0. The van der Waals surface area contributed by atoms with Gasteiger partial charge in [-0.2, -0.15) is 0 Å².